The second kappa shape index (κ2) is 9.62. The zero-order chi connectivity index (χ0) is 25.8. The van der Waals surface area contributed by atoms with Crippen molar-refractivity contribution < 1.29 is 19.4 Å². The van der Waals surface area contributed by atoms with E-state index in [1.165, 1.54) is 64.2 Å². The van der Waals surface area contributed by atoms with E-state index in [4.69, 9.17) is 4.74 Å². The fraction of sp³-hybridized carbons (Fsp3) is 0.812. The fourth-order valence-electron chi connectivity index (χ4n) is 10.5. The number of hydrogen-bond acceptors (Lipinski definition) is 3. The number of ether oxygens (including phenoxy) is 1. The number of allylic oxidation sites excluding steroid dienone is 1. The van der Waals surface area contributed by atoms with Crippen LogP contribution in [0.15, 0.2) is 23.8 Å². The molecule has 4 nitrogen and oxygen atoms in total. The van der Waals surface area contributed by atoms with Crippen LogP contribution in [0.5, 0.6) is 0 Å². The van der Waals surface area contributed by atoms with Crippen molar-refractivity contribution in [2.45, 2.75) is 110 Å². The molecule has 8 aliphatic carbocycles. The summed E-state index contributed by atoms with van der Waals surface area (Å²) in [7, 11) is 0. The normalized spacial score (nSPS) is 45.7. The van der Waals surface area contributed by atoms with Crippen LogP contribution in [0, 0.1) is 52.8 Å². The van der Waals surface area contributed by atoms with Crippen molar-refractivity contribution in [3.8, 4) is 0 Å². The van der Waals surface area contributed by atoms with E-state index in [-0.39, 0.29) is 17.0 Å². The number of carboxylic acids is 1. The standard InChI is InChI=1S/2C16H24O2/c1-4-16(18-15(17)10(2)3)13-6-11-5-12(8-13)9-14(16)7-11;1-3-16(9-10(2)15(17)18)13-5-11-4-12(7-13)8-14(16)6-11/h11-14H,2,4-9H2,1,3H3;9,11-14H,3-8H2,1-2H3,(H,17,18). The average molecular weight is 497 g/mol. The molecule has 0 aliphatic heterocycles. The zero-order valence-electron chi connectivity index (χ0n) is 23.1. The summed E-state index contributed by atoms with van der Waals surface area (Å²) in [6, 6.07) is 0. The van der Waals surface area contributed by atoms with Gasteiger partial charge in [0.1, 0.15) is 5.60 Å². The van der Waals surface area contributed by atoms with Gasteiger partial charge in [-0.3, -0.25) is 0 Å². The Balaban J connectivity index is 0.000000148. The second-order valence-electron chi connectivity index (χ2n) is 13.7. The quantitative estimate of drug-likeness (QED) is 0.304. The van der Waals surface area contributed by atoms with Gasteiger partial charge in [-0.05, 0) is 144 Å². The Labute approximate surface area is 218 Å². The smallest absolute Gasteiger partial charge is 0.333 e. The Morgan fingerprint density at radius 3 is 1.53 bits per heavy atom. The van der Waals surface area contributed by atoms with Crippen molar-refractivity contribution in [1.82, 2.24) is 0 Å². The van der Waals surface area contributed by atoms with Gasteiger partial charge < -0.3 is 9.84 Å². The molecule has 0 saturated heterocycles. The predicted molar refractivity (Wildman–Crippen MR) is 142 cm³/mol. The molecular formula is C32H48O4. The average Bonchev–Trinajstić information content (AvgIpc) is 2.83. The van der Waals surface area contributed by atoms with Crippen molar-refractivity contribution in [2.24, 2.45) is 52.8 Å². The number of carboxylic acid groups (broad SMARTS) is 1. The fourth-order valence-corrected chi connectivity index (χ4v) is 10.5. The highest BCUT2D eigenvalue weighted by molar-refractivity contribution is 5.87. The summed E-state index contributed by atoms with van der Waals surface area (Å²) in [5.41, 5.74) is 1.14. The molecule has 8 bridgehead atoms. The maximum Gasteiger partial charge on any atom is 0.333 e. The van der Waals surface area contributed by atoms with Crippen LogP contribution in [0.4, 0.5) is 0 Å². The Bertz CT molecular complexity index is 870. The maximum absolute atomic E-state index is 12.0. The Morgan fingerprint density at radius 1 is 0.778 bits per heavy atom. The molecule has 0 radical (unpaired) electrons. The molecule has 8 saturated carbocycles. The van der Waals surface area contributed by atoms with Crippen LogP contribution >= 0.6 is 0 Å². The van der Waals surface area contributed by atoms with Gasteiger partial charge in [-0.25, -0.2) is 9.59 Å². The Morgan fingerprint density at radius 2 is 1.19 bits per heavy atom. The molecule has 0 aromatic heterocycles. The first-order valence-electron chi connectivity index (χ1n) is 14.9. The van der Waals surface area contributed by atoms with Gasteiger partial charge in [0.15, 0.2) is 0 Å². The van der Waals surface area contributed by atoms with Gasteiger partial charge in [-0.1, -0.05) is 26.5 Å². The Hall–Kier alpha value is -1.58. The molecule has 0 heterocycles. The molecule has 200 valence electrons. The summed E-state index contributed by atoms with van der Waals surface area (Å²) < 4.78 is 5.99. The third kappa shape index (κ3) is 4.29. The lowest BCUT2D eigenvalue weighted by Gasteiger charge is -2.60. The highest BCUT2D eigenvalue weighted by Crippen LogP contribution is 2.64. The van der Waals surface area contributed by atoms with Crippen molar-refractivity contribution in [2.75, 3.05) is 0 Å². The largest absolute Gasteiger partial charge is 0.478 e. The molecule has 0 unspecified atom stereocenters. The monoisotopic (exact) mass is 496 g/mol. The lowest BCUT2D eigenvalue weighted by Crippen LogP contribution is -2.59. The number of carbonyl (C=O) groups excluding carboxylic acids is 1. The number of aliphatic carboxylic acids is 1. The van der Waals surface area contributed by atoms with E-state index in [0.29, 0.717) is 23.0 Å². The second-order valence-corrected chi connectivity index (χ2v) is 13.7. The Kier molecular flexibility index (Phi) is 6.96. The summed E-state index contributed by atoms with van der Waals surface area (Å²) in [5.74, 6) is 5.55. The molecule has 0 amide bonds. The molecule has 8 aliphatic rings. The first-order valence-corrected chi connectivity index (χ1v) is 14.9. The summed E-state index contributed by atoms with van der Waals surface area (Å²) >= 11 is 0. The van der Waals surface area contributed by atoms with E-state index >= 15 is 0 Å². The molecule has 1 N–H and O–H groups in total. The minimum atomic E-state index is -0.739. The SMILES string of the molecule is C=C(C)C(=O)OC1(CC)C2CC3CC(C2)CC1C3.CCC1(C=C(C)C(=O)O)C2CC3CC(C2)CC1C3. The maximum atomic E-state index is 12.0. The lowest BCUT2D eigenvalue weighted by atomic mass is 9.44. The summed E-state index contributed by atoms with van der Waals surface area (Å²) in [4.78, 5) is 23.1. The van der Waals surface area contributed by atoms with Crippen molar-refractivity contribution in [3.05, 3.63) is 23.8 Å². The van der Waals surface area contributed by atoms with Crippen molar-refractivity contribution in [1.29, 1.82) is 0 Å². The molecule has 0 spiro atoms. The third-order valence-electron chi connectivity index (χ3n) is 11.8. The van der Waals surface area contributed by atoms with Gasteiger partial charge in [-0.15, -0.1) is 0 Å². The number of carbonyl (C=O) groups is 2. The number of hydrogen-bond donors (Lipinski definition) is 1. The summed E-state index contributed by atoms with van der Waals surface area (Å²) in [6.07, 6.45) is 17.7. The van der Waals surface area contributed by atoms with E-state index in [1.807, 2.05) is 0 Å². The highest BCUT2D eigenvalue weighted by atomic mass is 16.6. The van der Waals surface area contributed by atoms with Crippen LogP contribution in [-0.4, -0.2) is 22.6 Å². The summed E-state index contributed by atoms with van der Waals surface area (Å²) in [5, 5.41) is 9.18. The third-order valence-corrected chi connectivity index (χ3v) is 11.8. The molecular weight excluding hydrogens is 448 g/mol. The minimum Gasteiger partial charge on any atom is -0.478 e. The first kappa shape index (κ1) is 26.0. The van der Waals surface area contributed by atoms with Crippen LogP contribution in [0.3, 0.4) is 0 Å². The van der Waals surface area contributed by atoms with E-state index in [2.05, 4.69) is 26.5 Å². The van der Waals surface area contributed by atoms with Crippen LogP contribution < -0.4 is 0 Å². The summed E-state index contributed by atoms with van der Waals surface area (Å²) in [6.45, 7) is 11.7. The van der Waals surface area contributed by atoms with E-state index in [1.54, 1.807) is 13.8 Å². The molecule has 36 heavy (non-hydrogen) atoms. The van der Waals surface area contributed by atoms with Crippen LogP contribution in [0.25, 0.3) is 0 Å². The topological polar surface area (TPSA) is 63.6 Å². The van der Waals surface area contributed by atoms with Crippen molar-refractivity contribution >= 4 is 11.9 Å². The van der Waals surface area contributed by atoms with Gasteiger partial charge in [0.25, 0.3) is 0 Å². The van der Waals surface area contributed by atoms with Gasteiger partial charge in [0.05, 0.1) is 0 Å². The predicted octanol–water partition coefficient (Wildman–Crippen LogP) is 7.58. The van der Waals surface area contributed by atoms with E-state index in [9.17, 15) is 14.7 Å². The lowest BCUT2D eigenvalue weighted by molar-refractivity contribution is -0.207. The molecule has 8 rings (SSSR count). The van der Waals surface area contributed by atoms with Crippen molar-refractivity contribution in [3.63, 3.8) is 0 Å². The van der Waals surface area contributed by atoms with Crippen LogP contribution in [0.2, 0.25) is 0 Å². The molecule has 0 aromatic carbocycles. The van der Waals surface area contributed by atoms with E-state index in [0.717, 1.165) is 48.3 Å². The molecule has 0 atom stereocenters. The van der Waals surface area contributed by atoms with E-state index < -0.39 is 5.97 Å². The first-order chi connectivity index (χ1) is 17.1. The van der Waals surface area contributed by atoms with Gasteiger partial charge >= 0.3 is 11.9 Å². The minimum absolute atomic E-state index is 0.163. The van der Waals surface area contributed by atoms with Gasteiger partial charge in [-0.2, -0.15) is 0 Å². The van der Waals surface area contributed by atoms with Crippen LogP contribution in [-0.2, 0) is 14.3 Å². The molecule has 4 heteroatoms. The number of esters is 1. The zero-order valence-corrected chi connectivity index (χ0v) is 23.1. The van der Waals surface area contributed by atoms with Gasteiger partial charge in [0, 0.05) is 11.1 Å². The molecule has 0 aromatic rings. The van der Waals surface area contributed by atoms with Crippen LogP contribution in [0.1, 0.15) is 105 Å². The molecule has 8 fully saturated rings. The van der Waals surface area contributed by atoms with Gasteiger partial charge in [0.2, 0.25) is 0 Å². The highest BCUT2D eigenvalue weighted by Gasteiger charge is 2.59. The number of rotatable bonds is 6.